The van der Waals surface area contributed by atoms with Gasteiger partial charge in [0.2, 0.25) is 11.6 Å². The Hall–Kier alpha value is -0.260. The summed E-state index contributed by atoms with van der Waals surface area (Å²) in [5.74, 6) is -4.35. The predicted octanol–water partition coefficient (Wildman–Crippen LogP) is -4.40. The fourth-order valence-electron chi connectivity index (χ4n) is 2.83. The minimum absolute atomic E-state index is 0. The average molecular weight is 341 g/mol. The van der Waals surface area contributed by atoms with Crippen molar-refractivity contribution >= 4 is 11.7 Å². The molecule has 1 saturated heterocycles. The Labute approximate surface area is 155 Å². The number of hydrogen-bond donors (Lipinski definition) is 2. The summed E-state index contributed by atoms with van der Waals surface area (Å²) in [6, 6.07) is 0. The molecule has 1 aliphatic heterocycles. The molecule has 2 fully saturated rings. The topological polar surface area (TPSA) is 130 Å². The van der Waals surface area contributed by atoms with Crippen LogP contribution in [0.5, 0.6) is 0 Å². The zero-order valence-corrected chi connectivity index (χ0v) is 15.9. The number of carbonyl (C=O) groups excluding carboxylic acids is 1. The van der Waals surface area contributed by atoms with Gasteiger partial charge in [-0.1, -0.05) is 5.16 Å². The fraction of sp³-hybridized carbons (Fsp3) is 0.846. The van der Waals surface area contributed by atoms with Crippen molar-refractivity contribution in [3.63, 3.8) is 0 Å². The van der Waals surface area contributed by atoms with Crippen LogP contribution < -0.4 is 34.7 Å². The van der Waals surface area contributed by atoms with Crippen molar-refractivity contribution in [1.29, 1.82) is 0 Å². The molecule has 2 rings (SSSR count). The van der Waals surface area contributed by atoms with Gasteiger partial charge in [-0.2, -0.15) is 0 Å². The summed E-state index contributed by atoms with van der Waals surface area (Å²) in [5, 5.41) is 33.5. The van der Waals surface area contributed by atoms with E-state index in [4.69, 9.17) is 24.2 Å². The molecule has 10 heteroatoms. The summed E-state index contributed by atoms with van der Waals surface area (Å²) < 4.78 is 22.3. The van der Waals surface area contributed by atoms with Crippen LogP contribution in [0.15, 0.2) is 5.16 Å². The van der Waals surface area contributed by atoms with Crippen LogP contribution in [-0.4, -0.2) is 65.6 Å². The first-order chi connectivity index (χ1) is 10.1. The van der Waals surface area contributed by atoms with E-state index in [1.165, 1.54) is 14.2 Å². The van der Waals surface area contributed by atoms with Crippen LogP contribution in [0.4, 0.5) is 0 Å². The third kappa shape index (κ3) is 3.29. The van der Waals surface area contributed by atoms with Crippen molar-refractivity contribution in [3.05, 3.63) is 0 Å². The number of aliphatic hydroxyl groups is 1. The molecule has 0 amide bonds. The first kappa shape index (κ1) is 20.8. The van der Waals surface area contributed by atoms with Gasteiger partial charge in [0.25, 0.3) is 0 Å². The average Bonchev–Trinajstić information content (AvgIpc) is 2.48. The molecule has 5 atom stereocenters. The second-order valence-electron chi connectivity index (χ2n) is 5.79. The number of methoxy groups -OCH3 is 2. The number of carbonyl (C=O) groups is 1. The third-order valence-corrected chi connectivity index (χ3v) is 4.52. The molecular formula is C13H20NNaO8. The summed E-state index contributed by atoms with van der Waals surface area (Å²) in [6.07, 6.45) is -2.51. The van der Waals surface area contributed by atoms with Crippen molar-refractivity contribution in [2.75, 3.05) is 14.2 Å². The molecule has 9 nitrogen and oxygen atoms in total. The Bertz CT molecular complexity index is 502. The first-order valence-corrected chi connectivity index (χ1v) is 6.75. The van der Waals surface area contributed by atoms with E-state index in [9.17, 15) is 15.0 Å². The quantitative estimate of drug-likeness (QED) is 0.299. The molecule has 126 valence electrons. The largest absolute Gasteiger partial charge is 1.00 e. The summed E-state index contributed by atoms with van der Waals surface area (Å²) in [6.45, 7) is 3.15. The van der Waals surface area contributed by atoms with E-state index in [-0.39, 0.29) is 41.7 Å². The van der Waals surface area contributed by atoms with Crippen molar-refractivity contribution in [1.82, 2.24) is 0 Å². The maximum Gasteiger partial charge on any atom is 1.00 e. The maximum atomic E-state index is 11.2. The van der Waals surface area contributed by atoms with Crippen molar-refractivity contribution in [2.45, 2.75) is 56.1 Å². The SMILES string of the molecule is CO[C@@]1(C)O[C@@H]2/C(=N/O)C[C@@](O)(C(=O)[O-])C[C@H]2O[C@]1(C)OC.[Na+]. The van der Waals surface area contributed by atoms with Crippen LogP contribution in [0, 0.1) is 0 Å². The number of hydrogen-bond acceptors (Lipinski definition) is 9. The van der Waals surface area contributed by atoms with Crippen molar-refractivity contribution in [2.24, 2.45) is 5.16 Å². The number of carboxylic acids is 1. The first-order valence-electron chi connectivity index (χ1n) is 6.75. The number of aliphatic carboxylic acids is 1. The smallest absolute Gasteiger partial charge is 0.547 e. The number of carboxylic acid groups (broad SMARTS) is 1. The molecule has 0 aromatic heterocycles. The molecule has 0 bridgehead atoms. The molecule has 0 aromatic rings. The van der Waals surface area contributed by atoms with Crippen LogP contribution in [0.25, 0.3) is 0 Å². The summed E-state index contributed by atoms with van der Waals surface area (Å²) in [5.41, 5.74) is -2.27. The summed E-state index contributed by atoms with van der Waals surface area (Å²) in [7, 11) is 2.78. The van der Waals surface area contributed by atoms with Crippen LogP contribution in [0.1, 0.15) is 26.7 Å². The molecule has 2 aliphatic rings. The maximum absolute atomic E-state index is 11.2. The molecule has 0 aromatic carbocycles. The standard InChI is InChI=1S/C13H21NO8.Na/c1-11(19-3)12(2,20-4)22-9-7(14-18)5-13(17,10(15)16)6-8(9)21-11;/h8-9,17-18H,5-6H2,1-4H3,(H,15,16);/q;+1/p-1/b14-7+;/t8-,9-,11+,12+,13+;/m1./s1. The van der Waals surface area contributed by atoms with Gasteiger partial charge in [0.15, 0.2) is 0 Å². The van der Waals surface area contributed by atoms with E-state index in [0.717, 1.165) is 0 Å². The van der Waals surface area contributed by atoms with Gasteiger partial charge < -0.3 is 39.2 Å². The molecule has 0 spiro atoms. The molecule has 2 N–H and O–H groups in total. The zero-order valence-electron chi connectivity index (χ0n) is 13.9. The number of nitrogens with zero attached hydrogens (tertiary/aromatic N) is 1. The van der Waals surface area contributed by atoms with Crippen LogP contribution in [0.3, 0.4) is 0 Å². The number of oxime groups is 1. The second kappa shape index (κ2) is 6.93. The summed E-state index contributed by atoms with van der Waals surface area (Å²) >= 11 is 0. The molecule has 1 saturated carbocycles. The van der Waals surface area contributed by atoms with Crippen LogP contribution in [-0.2, 0) is 23.7 Å². The van der Waals surface area contributed by atoms with E-state index in [1.807, 2.05) is 0 Å². The van der Waals surface area contributed by atoms with Gasteiger partial charge in [-0.05, 0) is 13.8 Å². The number of fused-ring (bicyclic) bond motifs is 1. The van der Waals surface area contributed by atoms with Gasteiger partial charge in [-0.15, -0.1) is 0 Å². The molecule has 0 radical (unpaired) electrons. The van der Waals surface area contributed by atoms with Crippen LogP contribution >= 0.6 is 0 Å². The Balaban J connectivity index is 0.00000264. The van der Waals surface area contributed by atoms with Gasteiger partial charge in [0, 0.05) is 27.1 Å². The molecule has 1 heterocycles. The van der Waals surface area contributed by atoms with Crippen LogP contribution in [0.2, 0.25) is 0 Å². The van der Waals surface area contributed by atoms with Crippen molar-refractivity contribution in [3.8, 4) is 0 Å². The van der Waals surface area contributed by atoms with E-state index < -0.39 is 41.8 Å². The van der Waals surface area contributed by atoms with E-state index in [1.54, 1.807) is 13.8 Å². The fourth-order valence-corrected chi connectivity index (χ4v) is 2.83. The Morgan fingerprint density at radius 1 is 1.30 bits per heavy atom. The van der Waals surface area contributed by atoms with E-state index in [0.29, 0.717) is 0 Å². The number of ether oxygens (including phenoxy) is 4. The minimum Gasteiger partial charge on any atom is -0.547 e. The molecule has 23 heavy (non-hydrogen) atoms. The predicted molar refractivity (Wildman–Crippen MR) is 69.0 cm³/mol. The van der Waals surface area contributed by atoms with E-state index >= 15 is 0 Å². The van der Waals surface area contributed by atoms with Gasteiger partial charge in [-0.3, -0.25) is 0 Å². The van der Waals surface area contributed by atoms with Gasteiger partial charge in [0.05, 0.1) is 17.8 Å². The molecule has 0 unspecified atom stereocenters. The zero-order chi connectivity index (χ0) is 16.8. The van der Waals surface area contributed by atoms with Crippen molar-refractivity contribution < 1.29 is 68.7 Å². The monoisotopic (exact) mass is 341 g/mol. The second-order valence-corrected chi connectivity index (χ2v) is 5.79. The Morgan fingerprint density at radius 2 is 1.83 bits per heavy atom. The van der Waals surface area contributed by atoms with Gasteiger partial charge >= 0.3 is 29.6 Å². The molecular weight excluding hydrogens is 321 g/mol. The van der Waals surface area contributed by atoms with Gasteiger partial charge in [0.1, 0.15) is 11.7 Å². The molecule has 1 aliphatic carbocycles. The Kier molecular flexibility index (Phi) is 6.26. The van der Waals surface area contributed by atoms with E-state index in [2.05, 4.69) is 5.16 Å². The number of rotatable bonds is 3. The third-order valence-electron chi connectivity index (χ3n) is 4.52. The Morgan fingerprint density at radius 3 is 2.26 bits per heavy atom. The minimum atomic E-state index is -2.21. The summed E-state index contributed by atoms with van der Waals surface area (Å²) in [4.78, 5) is 11.2. The normalized spacial score (nSPS) is 45.2. The van der Waals surface area contributed by atoms with Gasteiger partial charge in [-0.25, -0.2) is 0 Å².